The van der Waals surface area contributed by atoms with Gasteiger partial charge in [-0.3, -0.25) is 0 Å². The van der Waals surface area contributed by atoms with Crippen molar-refractivity contribution >= 4 is 5.97 Å². The highest BCUT2D eigenvalue weighted by atomic mass is 16.6. The quantitative estimate of drug-likeness (QED) is 0.837. The molecule has 0 amide bonds. The molecule has 100 valence electrons. The van der Waals surface area contributed by atoms with Crippen LogP contribution < -0.4 is 10.5 Å². The monoisotopic (exact) mass is 251 g/mol. The van der Waals surface area contributed by atoms with Gasteiger partial charge in [-0.05, 0) is 45.4 Å². The van der Waals surface area contributed by atoms with Crippen molar-refractivity contribution in [1.82, 2.24) is 0 Å². The van der Waals surface area contributed by atoms with Gasteiger partial charge < -0.3 is 15.2 Å². The molecule has 0 aliphatic heterocycles. The highest BCUT2D eigenvalue weighted by molar-refractivity contribution is 5.82. The minimum atomic E-state index is -1.19. The van der Waals surface area contributed by atoms with E-state index >= 15 is 0 Å². The van der Waals surface area contributed by atoms with Crippen molar-refractivity contribution in [1.29, 1.82) is 0 Å². The number of methoxy groups -OCH3 is 1. The number of benzene rings is 1. The van der Waals surface area contributed by atoms with Crippen LogP contribution in [-0.4, -0.2) is 18.7 Å². The molecule has 0 spiro atoms. The predicted octanol–water partition coefficient (Wildman–Crippen LogP) is 2.21. The molecule has 1 aromatic carbocycles. The fourth-order valence-corrected chi connectivity index (χ4v) is 1.45. The number of carbonyl (C=O) groups is 1. The van der Waals surface area contributed by atoms with Crippen molar-refractivity contribution in [2.45, 2.75) is 38.8 Å². The van der Waals surface area contributed by atoms with E-state index in [0.29, 0.717) is 11.3 Å². The first kappa shape index (κ1) is 14.5. The zero-order chi connectivity index (χ0) is 14.0. The van der Waals surface area contributed by atoms with E-state index in [1.54, 1.807) is 38.3 Å². The van der Waals surface area contributed by atoms with Crippen LogP contribution in [0.2, 0.25) is 0 Å². The number of carbonyl (C=O) groups excluding carboxylic acids is 1. The molecule has 0 aromatic heterocycles. The van der Waals surface area contributed by atoms with Gasteiger partial charge in [0, 0.05) is 0 Å². The van der Waals surface area contributed by atoms with E-state index in [-0.39, 0.29) is 0 Å². The Morgan fingerprint density at radius 3 is 2.33 bits per heavy atom. The Hall–Kier alpha value is -1.55. The van der Waals surface area contributed by atoms with Gasteiger partial charge in [0.2, 0.25) is 0 Å². The van der Waals surface area contributed by atoms with E-state index in [2.05, 4.69) is 0 Å². The number of hydrogen-bond donors (Lipinski definition) is 1. The van der Waals surface area contributed by atoms with Gasteiger partial charge in [-0.25, -0.2) is 4.79 Å². The van der Waals surface area contributed by atoms with Gasteiger partial charge in [0.1, 0.15) is 16.9 Å². The van der Waals surface area contributed by atoms with Crippen LogP contribution in [0, 0.1) is 0 Å². The Morgan fingerprint density at radius 1 is 1.22 bits per heavy atom. The molecule has 0 saturated heterocycles. The lowest BCUT2D eigenvalue weighted by Crippen LogP contribution is -2.45. The van der Waals surface area contributed by atoms with Crippen LogP contribution in [0.15, 0.2) is 24.3 Å². The molecule has 2 N–H and O–H groups in total. The molecule has 0 fully saturated rings. The second-order valence-corrected chi connectivity index (χ2v) is 5.44. The van der Waals surface area contributed by atoms with Crippen molar-refractivity contribution < 1.29 is 14.3 Å². The van der Waals surface area contributed by atoms with Crippen LogP contribution in [0.3, 0.4) is 0 Å². The topological polar surface area (TPSA) is 61.5 Å². The maximum atomic E-state index is 12.1. The van der Waals surface area contributed by atoms with Crippen molar-refractivity contribution in [2.24, 2.45) is 5.73 Å². The maximum Gasteiger partial charge on any atom is 0.331 e. The summed E-state index contributed by atoms with van der Waals surface area (Å²) in [7, 11) is 1.57. The standard InChI is InChI=1S/C14H21NO3/c1-13(2,3)18-12(16)14(4,15)10-7-6-8-11(9-10)17-5/h6-9H,15H2,1-5H3/t14-/m0/s1. The number of esters is 1. The molecule has 0 bridgehead atoms. The first-order chi connectivity index (χ1) is 8.16. The van der Waals surface area contributed by atoms with Crippen LogP contribution in [0.5, 0.6) is 5.75 Å². The summed E-state index contributed by atoms with van der Waals surface area (Å²) in [6, 6.07) is 7.12. The second kappa shape index (κ2) is 4.98. The van der Waals surface area contributed by atoms with E-state index in [1.807, 2.05) is 20.8 Å². The number of hydrogen-bond acceptors (Lipinski definition) is 4. The molecule has 4 nitrogen and oxygen atoms in total. The SMILES string of the molecule is COc1cccc([C@](C)(N)C(=O)OC(C)(C)C)c1. The molecule has 4 heteroatoms. The van der Waals surface area contributed by atoms with Gasteiger partial charge in [-0.1, -0.05) is 12.1 Å². The lowest BCUT2D eigenvalue weighted by atomic mass is 9.93. The second-order valence-electron chi connectivity index (χ2n) is 5.44. The largest absolute Gasteiger partial charge is 0.497 e. The van der Waals surface area contributed by atoms with Crippen LogP contribution in [-0.2, 0) is 15.1 Å². The third kappa shape index (κ3) is 3.47. The summed E-state index contributed by atoms with van der Waals surface area (Å²) in [5.74, 6) is 0.205. The van der Waals surface area contributed by atoms with Gasteiger partial charge in [0.25, 0.3) is 0 Å². The molecule has 1 atom stereocenters. The highest BCUT2D eigenvalue weighted by Gasteiger charge is 2.35. The van der Waals surface area contributed by atoms with E-state index < -0.39 is 17.1 Å². The van der Waals surface area contributed by atoms with Crippen molar-refractivity contribution in [3.8, 4) is 5.75 Å². The fraction of sp³-hybridized carbons (Fsp3) is 0.500. The molecular weight excluding hydrogens is 230 g/mol. The average molecular weight is 251 g/mol. The van der Waals surface area contributed by atoms with E-state index in [9.17, 15) is 4.79 Å². The molecule has 0 aliphatic carbocycles. The Bertz CT molecular complexity index is 433. The van der Waals surface area contributed by atoms with E-state index in [4.69, 9.17) is 15.2 Å². The Balaban J connectivity index is 3.01. The number of ether oxygens (including phenoxy) is 2. The molecule has 1 rings (SSSR count). The van der Waals surface area contributed by atoms with Crippen LogP contribution in [0.4, 0.5) is 0 Å². The van der Waals surface area contributed by atoms with Gasteiger partial charge in [-0.2, -0.15) is 0 Å². The first-order valence-electron chi connectivity index (χ1n) is 5.83. The summed E-state index contributed by atoms with van der Waals surface area (Å²) in [6.07, 6.45) is 0. The minimum absolute atomic E-state index is 0.455. The third-order valence-electron chi connectivity index (χ3n) is 2.49. The van der Waals surface area contributed by atoms with E-state index in [0.717, 1.165) is 0 Å². The summed E-state index contributed by atoms with van der Waals surface area (Å²) in [5, 5.41) is 0. The number of nitrogens with two attached hydrogens (primary N) is 1. The molecule has 0 heterocycles. The molecule has 0 saturated carbocycles. The van der Waals surface area contributed by atoms with Crippen molar-refractivity contribution in [2.75, 3.05) is 7.11 Å². The zero-order valence-corrected chi connectivity index (χ0v) is 11.6. The summed E-state index contributed by atoms with van der Waals surface area (Å²) in [5.41, 5.74) is 4.99. The van der Waals surface area contributed by atoms with Gasteiger partial charge in [0.15, 0.2) is 0 Å². The molecule has 0 unspecified atom stereocenters. The first-order valence-corrected chi connectivity index (χ1v) is 5.83. The predicted molar refractivity (Wildman–Crippen MR) is 70.4 cm³/mol. The van der Waals surface area contributed by atoms with Gasteiger partial charge in [0.05, 0.1) is 7.11 Å². The summed E-state index contributed by atoms with van der Waals surface area (Å²) in [4.78, 5) is 12.1. The summed E-state index contributed by atoms with van der Waals surface area (Å²) < 4.78 is 10.4. The summed E-state index contributed by atoms with van der Waals surface area (Å²) >= 11 is 0. The molecule has 0 radical (unpaired) electrons. The molecule has 18 heavy (non-hydrogen) atoms. The Labute approximate surface area is 108 Å². The van der Waals surface area contributed by atoms with E-state index in [1.165, 1.54) is 0 Å². The fourth-order valence-electron chi connectivity index (χ4n) is 1.45. The molecular formula is C14H21NO3. The smallest absolute Gasteiger partial charge is 0.331 e. The molecule has 1 aromatic rings. The Kier molecular flexibility index (Phi) is 4.02. The van der Waals surface area contributed by atoms with Crippen molar-refractivity contribution in [3.05, 3.63) is 29.8 Å². The van der Waals surface area contributed by atoms with Gasteiger partial charge >= 0.3 is 5.97 Å². The third-order valence-corrected chi connectivity index (χ3v) is 2.49. The van der Waals surface area contributed by atoms with Gasteiger partial charge in [-0.15, -0.1) is 0 Å². The summed E-state index contributed by atoms with van der Waals surface area (Å²) in [6.45, 7) is 7.07. The maximum absolute atomic E-state index is 12.1. The highest BCUT2D eigenvalue weighted by Crippen LogP contribution is 2.25. The van der Waals surface area contributed by atoms with Crippen LogP contribution in [0.1, 0.15) is 33.3 Å². The van der Waals surface area contributed by atoms with Crippen molar-refractivity contribution in [3.63, 3.8) is 0 Å². The molecule has 0 aliphatic rings. The van der Waals surface area contributed by atoms with Crippen LogP contribution in [0.25, 0.3) is 0 Å². The minimum Gasteiger partial charge on any atom is -0.497 e. The lowest BCUT2D eigenvalue weighted by Gasteiger charge is -2.28. The zero-order valence-electron chi connectivity index (χ0n) is 11.6. The Morgan fingerprint density at radius 2 is 1.83 bits per heavy atom. The normalized spacial score (nSPS) is 14.8. The number of rotatable bonds is 3. The van der Waals surface area contributed by atoms with Crippen LogP contribution >= 0.6 is 0 Å². The average Bonchev–Trinajstić information content (AvgIpc) is 2.27. The lowest BCUT2D eigenvalue weighted by molar-refractivity contribution is -0.161.